The van der Waals surface area contributed by atoms with Gasteiger partial charge in [-0.1, -0.05) is 24.3 Å². The molecule has 1 aromatic rings. The van der Waals surface area contributed by atoms with Crippen molar-refractivity contribution >= 4 is 17.7 Å². The van der Waals surface area contributed by atoms with Crippen LogP contribution in [0.4, 0.5) is 0 Å². The normalized spacial score (nSPS) is 18.9. The molecule has 0 radical (unpaired) electrons. The molecule has 0 saturated heterocycles. The topological polar surface area (TPSA) is 29.1 Å². The van der Waals surface area contributed by atoms with E-state index in [1.807, 2.05) is 6.26 Å². The van der Waals surface area contributed by atoms with E-state index in [9.17, 15) is 4.79 Å². The van der Waals surface area contributed by atoms with Gasteiger partial charge in [-0.25, -0.2) is 0 Å². The number of hydrogen-bond acceptors (Lipinski definition) is 2. The highest BCUT2D eigenvalue weighted by molar-refractivity contribution is 7.99. The van der Waals surface area contributed by atoms with Crippen molar-refractivity contribution in [1.82, 2.24) is 5.32 Å². The molecule has 1 atom stereocenters. The zero-order valence-corrected chi connectivity index (χ0v) is 10.3. The average molecular weight is 235 g/mol. The van der Waals surface area contributed by atoms with Crippen molar-refractivity contribution in [1.29, 1.82) is 0 Å². The van der Waals surface area contributed by atoms with Crippen LogP contribution in [0.3, 0.4) is 0 Å². The van der Waals surface area contributed by atoms with Crippen LogP contribution in [0.5, 0.6) is 0 Å². The number of nitrogens with one attached hydrogen (secondary N) is 1. The third kappa shape index (κ3) is 2.59. The zero-order chi connectivity index (χ0) is 11.4. The smallest absolute Gasteiger partial charge is 0.230 e. The predicted molar refractivity (Wildman–Crippen MR) is 68.6 cm³/mol. The number of rotatable bonds is 3. The molecule has 86 valence electrons. The Balaban J connectivity index is 2.10. The van der Waals surface area contributed by atoms with Gasteiger partial charge in [0.25, 0.3) is 0 Å². The van der Waals surface area contributed by atoms with Gasteiger partial charge in [0.1, 0.15) is 0 Å². The molecule has 2 nitrogen and oxygen atoms in total. The van der Waals surface area contributed by atoms with Crippen LogP contribution in [-0.2, 0) is 11.2 Å². The Hall–Kier alpha value is -0.960. The number of thioether (sulfide) groups is 1. The number of carbonyl (C=O) groups is 1. The minimum absolute atomic E-state index is 0.147. The van der Waals surface area contributed by atoms with E-state index in [4.69, 9.17) is 0 Å². The fourth-order valence-corrected chi connectivity index (χ4v) is 2.62. The molecular weight excluding hydrogens is 218 g/mol. The van der Waals surface area contributed by atoms with E-state index >= 15 is 0 Å². The monoisotopic (exact) mass is 235 g/mol. The fraction of sp³-hybridized carbons (Fsp3) is 0.462. The van der Waals surface area contributed by atoms with Gasteiger partial charge in [-0.15, -0.1) is 0 Å². The average Bonchev–Trinajstić information content (AvgIpc) is 2.30. The molecule has 0 fully saturated rings. The van der Waals surface area contributed by atoms with Gasteiger partial charge in [0.15, 0.2) is 0 Å². The van der Waals surface area contributed by atoms with Gasteiger partial charge >= 0.3 is 0 Å². The molecule has 0 aliphatic heterocycles. The summed E-state index contributed by atoms with van der Waals surface area (Å²) in [7, 11) is 0. The molecule has 0 saturated carbocycles. The second-order valence-corrected chi connectivity index (χ2v) is 5.01. The van der Waals surface area contributed by atoms with Gasteiger partial charge < -0.3 is 5.32 Å². The van der Waals surface area contributed by atoms with Crippen molar-refractivity contribution in [3.8, 4) is 0 Å². The van der Waals surface area contributed by atoms with Gasteiger partial charge in [0.2, 0.25) is 5.91 Å². The highest BCUT2D eigenvalue weighted by Gasteiger charge is 2.20. The summed E-state index contributed by atoms with van der Waals surface area (Å²) in [4.78, 5) is 11.6. The first-order valence-corrected chi connectivity index (χ1v) is 7.06. The number of aryl methyl sites for hydroxylation is 1. The van der Waals surface area contributed by atoms with Crippen molar-refractivity contribution in [2.75, 3.05) is 12.0 Å². The molecule has 1 aromatic carbocycles. The largest absolute Gasteiger partial charge is 0.349 e. The van der Waals surface area contributed by atoms with E-state index in [0.717, 1.165) is 12.8 Å². The molecule has 1 unspecified atom stereocenters. The van der Waals surface area contributed by atoms with Gasteiger partial charge in [-0.3, -0.25) is 4.79 Å². The van der Waals surface area contributed by atoms with E-state index in [-0.39, 0.29) is 11.9 Å². The Morgan fingerprint density at radius 1 is 1.50 bits per heavy atom. The summed E-state index contributed by atoms with van der Waals surface area (Å²) in [6.45, 7) is 0. The third-order valence-electron chi connectivity index (χ3n) is 2.98. The second kappa shape index (κ2) is 5.39. The zero-order valence-electron chi connectivity index (χ0n) is 9.53. The minimum Gasteiger partial charge on any atom is -0.349 e. The summed E-state index contributed by atoms with van der Waals surface area (Å²) >= 11 is 1.57. The maximum atomic E-state index is 11.6. The van der Waals surface area contributed by atoms with Crippen molar-refractivity contribution in [3.05, 3.63) is 35.4 Å². The molecule has 1 amide bonds. The van der Waals surface area contributed by atoms with E-state index in [1.165, 1.54) is 17.5 Å². The van der Waals surface area contributed by atoms with Gasteiger partial charge in [0, 0.05) is 0 Å². The van der Waals surface area contributed by atoms with Crippen LogP contribution in [0.1, 0.15) is 30.0 Å². The predicted octanol–water partition coefficient (Wildman–Crippen LogP) is 2.54. The number of benzene rings is 1. The SMILES string of the molecule is CSCC(=O)NC1CCCc2ccccc21. The van der Waals surface area contributed by atoms with Crippen LogP contribution in [0.25, 0.3) is 0 Å². The summed E-state index contributed by atoms with van der Waals surface area (Å²) in [5.41, 5.74) is 2.70. The Morgan fingerprint density at radius 3 is 3.12 bits per heavy atom. The third-order valence-corrected chi connectivity index (χ3v) is 3.53. The van der Waals surface area contributed by atoms with E-state index < -0.39 is 0 Å². The fourth-order valence-electron chi connectivity index (χ4n) is 2.27. The first-order valence-electron chi connectivity index (χ1n) is 5.67. The van der Waals surface area contributed by atoms with E-state index in [0.29, 0.717) is 5.75 Å². The number of fused-ring (bicyclic) bond motifs is 1. The van der Waals surface area contributed by atoms with Crippen molar-refractivity contribution in [2.45, 2.75) is 25.3 Å². The van der Waals surface area contributed by atoms with Crippen LogP contribution in [0.2, 0.25) is 0 Å². The lowest BCUT2D eigenvalue weighted by atomic mass is 9.88. The van der Waals surface area contributed by atoms with Crippen molar-refractivity contribution in [3.63, 3.8) is 0 Å². The van der Waals surface area contributed by atoms with Gasteiger partial charge in [-0.2, -0.15) is 11.8 Å². The molecule has 2 rings (SSSR count). The molecule has 3 heteroatoms. The van der Waals surface area contributed by atoms with Crippen LogP contribution in [-0.4, -0.2) is 17.9 Å². The number of carbonyl (C=O) groups excluding carboxylic acids is 1. The van der Waals surface area contributed by atoms with Crippen molar-refractivity contribution in [2.24, 2.45) is 0 Å². The highest BCUT2D eigenvalue weighted by Crippen LogP contribution is 2.29. The van der Waals surface area contributed by atoms with E-state index in [2.05, 4.69) is 29.6 Å². The first kappa shape index (κ1) is 11.5. The summed E-state index contributed by atoms with van der Waals surface area (Å²) in [6.07, 6.45) is 5.33. The molecule has 0 spiro atoms. The Morgan fingerprint density at radius 2 is 2.31 bits per heavy atom. The highest BCUT2D eigenvalue weighted by atomic mass is 32.2. The van der Waals surface area contributed by atoms with Crippen LogP contribution in [0.15, 0.2) is 24.3 Å². The number of amides is 1. The molecule has 0 aromatic heterocycles. The Labute approximate surface area is 101 Å². The lowest BCUT2D eigenvalue weighted by Crippen LogP contribution is -2.32. The van der Waals surface area contributed by atoms with E-state index in [1.54, 1.807) is 11.8 Å². The molecule has 1 aliphatic carbocycles. The first-order chi connectivity index (χ1) is 7.81. The van der Waals surface area contributed by atoms with Crippen LogP contribution >= 0.6 is 11.8 Å². The minimum atomic E-state index is 0.147. The second-order valence-electron chi connectivity index (χ2n) is 4.14. The van der Waals surface area contributed by atoms with Gasteiger partial charge in [-0.05, 0) is 36.6 Å². The maximum Gasteiger partial charge on any atom is 0.230 e. The quantitative estimate of drug-likeness (QED) is 0.872. The molecule has 16 heavy (non-hydrogen) atoms. The van der Waals surface area contributed by atoms with Crippen LogP contribution < -0.4 is 5.32 Å². The Kier molecular flexibility index (Phi) is 3.88. The molecule has 0 bridgehead atoms. The summed E-state index contributed by atoms with van der Waals surface area (Å²) in [5, 5.41) is 3.12. The lowest BCUT2D eigenvalue weighted by molar-refractivity contribution is -0.119. The molecular formula is C13H17NOS. The maximum absolute atomic E-state index is 11.6. The standard InChI is InChI=1S/C13H17NOS/c1-16-9-13(15)14-12-8-4-6-10-5-2-3-7-11(10)12/h2-3,5,7,12H,4,6,8-9H2,1H3,(H,14,15). The van der Waals surface area contributed by atoms with Crippen LogP contribution in [0, 0.1) is 0 Å². The molecule has 1 aliphatic rings. The summed E-state index contributed by atoms with van der Waals surface area (Å²) in [5.74, 6) is 0.702. The van der Waals surface area contributed by atoms with Gasteiger partial charge in [0.05, 0.1) is 11.8 Å². The summed E-state index contributed by atoms with van der Waals surface area (Å²) < 4.78 is 0. The Bertz CT molecular complexity index is 378. The number of hydrogen-bond donors (Lipinski definition) is 1. The molecule has 0 heterocycles. The van der Waals surface area contributed by atoms with Crippen molar-refractivity contribution < 1.29 is 4.79 Å². The lowest BCUT2D eigenvalue weighted by Gasteiger charge is -2.26. The summed E-state index contributed by atoms with van der Waals surface area (Å²) in [6, 6.07) is 8.66. The molecule has 1 N–H and O–H groups in total.